The molecule has 4 rings (SSSR count). The molecule has 3 N–H and O–H groups in total. The first-order valence-corrected chi connectivity index (χ1v) is 10.5. The number of ether oxygens (including phenoxy) is 3. The summed E-state index contributed by atoms with van der Waals surface area (Å²) in [6.45, 7) is 2.01. The molecule has 0 fully saturated rings. The molecule has 8 nitrogen and oxygen atoms in total. The monoisotopic (exact) mass is 448 g/mol. The van der Waals surface area contributed by atoms with E-state index in [4.69, 9.17) is 14.2 Å². The first-order chi connectivity index (χ1) is 16.0. The van der Waals surface area contributed by atoms with Crippen molar-refractivity contribution in [3.8, 4) is 17.2 Å². The second-order valence-corrected chi connectivity index (χ2v) is 7.54. The van der Waals surface area contributed by atoms with E-state index in [2.05, 4.69) is 10.6 Å². The molecular formula is C25H24N2O6. The van der Waals surface area contributed by atoms with Crippen molar-refractivity contribution in [1.29, 1.82) is 0 Å². The maximum Gasteiger partial charge on any atom is 0.255 e. The highest BCUT2D eigenvalue weighted by atomic mass is 16.7. The number of rotatable bonds is 8. The third-order valence-corrected chi connectivity index (χ3v) is 5.07. The van der Waals surface area contributed by atoms with Gasteiger partial charge in [-0.3, -0.25) is 9.59 Å². The van der Waals surface area contributed by atoms with Crippen LogP contribution in [0.1, 0.15) is 26.3 Å². The highest BCUT2D eigenvalue weighted by Crippen LogP contribution is 2.35. The number of hydrogen-bond acceptors (Lipinski definition) is 6. The van der Waals surface area contributed by atoms with Crippen molar-refractivity contribution in [2.45, 2.75) is 13.0 Å². The zero-order valence-corrected chi connectivity index (χ0v) is 18.0. The summed E-state index contributed by atoms with van der Waals surface area (Å²) in [6.07, 6.45) is -0.915. The van der Waals surface area contributed by atoms with E-state index in [1.165, 1.54) is 0 Å². The number of fused-ring (bicyclic) bond motifs is 1. The van der Waals surface area contributed by atoms with E-state index in [1.54, 1.807) is 60.7 Å². The van der Waals surface area contributed by atoms with E-state index in [0.717, 1.165) is 5.56 Å². The van der Waals surface area contributed by atoms with Gasteiger partial charge >= 0.3 is 0 Å². The second kappa shape index (κ2) is 10.1. The molecule has 170 valence electrons. The van der Waals surface area contributed by atoms with Gasteiger partial charge in [-0.05, 0) is 48.9 Å². The smallest absolute Gasteiger partial charge is 0.255 e. The van der Waals surface area contributed by atoms with Gasteiger partial charge in [0.1, 0.15) is 18.5 Å². The largest absolute Gasteiger partial charge is 0.491 e. The minimum absolute atomic E-state index is 0.00295. The van der Waals surface area contributed by atoms with E-state index >= 15 is 0 Å². The normalized spacial score (nSPS) is 12.7. The van der Waals surface area contributed by atoms with Crippen LogP contribution in [0.15, 0.2) is 66.7 Å². The molecule has 1 aliphatic heterocycles. The van der Waals surface area contributed by atoms with Crippen molar-refractivity contribution >= 4 is 17.5 Å². The highest BCUT2D eigenvalue weighted by molar-refractivity contribution is 6.05. The van der Waals surface area contributed by atoms with Gasteiger partial charge in [-0.1, -0.05) is 24.3 Å². The number of aliphatic hydroxyl groups is 1. The standard InChI is InChI=1S/C25H24N2O6/c1-16-7-8-18(11-21(16)27-25(30)17-5-3-2-4-6-17)24(29)26-13-19(28)14-31-20-9-10-22-23(12-20)33-15-32-22/h2-12,19,28H,13-15H2,1H3,(H,26,29)(H,27,30). The minimum Gasteiger partial charge on any atom is -0.491 e. The summed E-state index contributed by atoms with van der Waals surface area (Å²) in [4.78, 5) is 25.0. The van der Waals surface area contributed by atoms with E-state index in [9.17, 15) is 14.7 Å². The maximum atomic E-state index is 12.6. The topological polar surface area (TPSA) is 106 Å². The summed E-state index contributed by atoms with van der Waals surface area (Å²) in [6, 6.07) is 19.0. The van der Waals surface area contributed by atoms with Crippen molar-refractivity contribution in [1.82, 2.24) is 5.32 Å². The summed E-state index contributed by atoms with van der Waals surface area (Å²) in [7, 11) is 0. The van der Waals surface area contributed by atoms with Gasteiger partial charge in [0.15, 0.2) is 11.5 Å². The van der Waals surface area contributed by atoms with E-state index in [-0.39, 0.29) is 31.8 Å². The van der Waals surface area contributed by atoms with Crippen molar-refractivity contribution in [2.75, 3.05) is 25.3 Å². The second-order valence-electron chi connectivity index (χ2n) is 7.54. The molecule has 1 aliphatic rings. The number of aryl methyl sites for hydroxylation is 1. The van der Waals surface area contributed by atoms with Crippen LogP contribution in [0, 0.1) is 6.92 Å². The molecule has 3 aromatic rings. The SMILES string of the molecule is Cc1ccc(C(=O)NCC(O)COc2ccc3c(c2)OCO3)cc1NC(=O)c1ccccc1. The number of aliphatic hydroxyl groups excluding tert-OH is 1. The van der Waals surface area contributed by atoms with E-state index in [1.807, 2.05) is 13.0 Å². The molecule has 8 heteroatoms. The van der Waals surface area contributed by atoms with Crippen LogP contribution >= 0.6 is 0 Å². The van der Waals surface area contributed by atoms with Crippen molar-refractivity contribution in [2.24, 2.45) is 0 Å². The number of anilines is 1. The first kappa shape index (κ1) is 22.2. The van der Waals surface area contributed by atoms with Crippen LogP contribution in [0.25, 0.3) is 0 Å². The summed E-state index contributed by atoms with van der Waals surface area (Å²) < 4.78 is 16.1. The quantitative estimate of drug-likeness (QED) is 0.489. The molecule has 0 radical (unpaired) electrons. The molecule has 0 aliphatic carbocycles. The van der Waals surface area contributed by atoms with E-state index in [0.29, 0.717) is 34.1 Å². The predicted molar refractivity (Wildman–Crippen MR) is 122 cm³/mol. The van der Waals surface area contributed by atoms with Gasteiger partial charge in [0.2, 0.25) is 6.79 Å². The average molecular weight is 448 g/mol. The Morgan fingerprint density at radius 3 is 2.58 bits per heavy atom. The third-order valence-electron chi connectivity index (χ3n) is 5.07. The molecule has 1 atom stereocenters. The van der Waals surface area contributed by atoms with Crippen LogP contribution in [-0.2, 0) is 0 Å². The lowest BCUT2D eigenvalue weighted by molar-refractivity contribution is 0.0843. The summed E-state index contributed by atoms with van der Waals surface area (Å²) in [5.41, 5.74) is 2.27. The Morgan fingerprint density at radius 2 is 1.76 bits per heavy atom. The lowest BCUT2D eigenvalue weighted by Gasteiger charge is -2.14. The number of nitrogens with one attached hydrogen (secondary N) is 2. The fraction of sp³-hybridized carbons (Fsp3) is 0.200. The highest BCUT2D eigenvalue weighted by Gasteiger charge is 2.16. The lowest BCUT2D eigenvalue weighted by Crippen LogP contribution is -2.35. The molecule has 1 heterocycles. The molecule has 0 saturated carbocycles. The van der Waals surface area contributed by atoms with Crippen LogP contribution < -0.4 is 24.8 Å². The van der Waals surface area contributed by atoms with Gasteiger partial charge in [0.25, 0.3) is 11.8 Å². The summed E-state index contributed by atoms with van der Waals surface area (Å²) in [5, 5.41) is 15.7. The Balaban J connectivity index is 1.29. The zero-order valence-electron chi connectivity index (χ0n) is 18.0. The zero-order chi connectivity index (χ0) is 23.2. The Hall–Kier alpha value is -4.04. The molecule has 0 saturated heterocycles. The van der Waals surface area contributed by atoms with Gasteiger partial charge < -0.3 is 30.0 Å². The van der Waals surface area contributed by atoms with Gasteiger partial charge in [0.05, 0.1) is 0 Å². The number of carbonyl (C=O) groups is 2. The molecule has 3 aromatic carbocycles. The Bertz CT molecular complexity index is 1150. The molecule has 0 bridgehead atoms. The van der Waals surface area contributed by atoms with Gasteiger partial charge in [-0.2, -0.15) is 0 Å². The number of hydrogen-bond donors (Lipinski definition) is 3. The van der Waals surface area contributed by atoms with Crippen LogP contribution in [0.2, 0.25) is 0 Å². The lowest BCUT2D eigenvalue weighted by atomic mass is 10.1. The molecule has 2 amide bonds. The first-order valence-electron chi connectivity index (χ1n) is 10.5. The van der Waals surface area contributed by atoms with Crippen LogP contribution in [-0.4, -0.2) is 43.0 Å². The predicted octanol–water partition coefficient (Wildman–Crippen LogP) is 3.15. The Morgan fingerprint density at radius 1 is 0.970 bits per heavy atom. The van der Waals surface area contributed by atoms with Gasteiger partial charge in [0, 0.05) is 29.4 Å². The number of carbonyl (C=O) groups excluding carboxylic acids is 2. The van der Waals surface area contributed by atoms with Crippen LogP contribution in [0.4, 0.5) is 5.69 Å². The Kier molecular flexibility index (Phi) is 6.75. The van der Waals surface area contributed by atoms with Crippen LogP contribution in [0.5, 0.6) is 17.2 Å². The molecule has 0 aromatic heterocycles. The molecule has 1 unspecified atom stereocenters. The average Bonchev–Trinajstić information content (AvgIpc) is 3.31. The fourth-order valence-corrected chi connectivity index (χ4v) is 3.21. The number of benzene rings is 3. The van der Waals surface area contributed by atoms with Crippen molar-refractivity contribution in [3.05, 3.63) is 83.4 Å². The summed E-state index contributed by atoms with van der Waals surface area (Å²) in [5.74, 6) is 1.14. The van der Waals surface area contributed by atoms with E-state index < -0.39 is 6.10 Å². The van der Waals surface area contributed by atoms with Crippen molar-refractivity contribution in [3.63, 3.8) is 0 Å². The third kappa shape index (κ3) is 5.61. The fourth-order valence-electron chi connectivity index (χ4n) is 3.21. The minimum atomic E-state index is -0.915. The summed E-state index contributed by atoms with van der Waals surface area (Å²) >= 11 is 0. The molecular weight excluding hydrogens is 424 g/mol. The molecule has 33 heavy (non-hydrogen) atoms. The molecule has 0 spiro atoms. The van der Waals surface area contributed by atoms with Crippen molar-refractivity contribution < 1.29 is 28.9 Å². The van der Waals surface area contributed by atoms with Crippen LogP contribution in [0.3, 0.4) is 0 Å². The van der Waals surface area contributed by atoms with Gasteiger partial charge in [-0.15, -0.1) is 0 Å². The number of amides is 2. The maximum absolute atomic E-state index is 12.6. The van der Waals surface area contributed by atoms with Gasteiger partial charge in [-0.25, -0.2) is 0 Å². The Labute approximate surface area is 191 Å².